The van der Waals surface area contributed by atoms with Gasteiger partial charge in [0.15, 0.2) is 0 Å². The van der Waals surface area contributed by atoms with Crippen LogP contribution in [0.15, 0.2) is 23.7 Å². The average molecular weight is 369 g/mol. The fourth-order valence-electron chi connectivity index (χ4n) is 2.64. The summed E-state index contributed by atoms with van der Waals surface area (Å²) < 4.78 is 13.1. The highest BCUT2D eigenvalue weighted by Gasteiger charge is 2.30. The number of carbonyl (C=O) groups is 2. The van der Waals surface area contributed by atoms with Crippen LogP contribution in [-0.2, 0) is 4.79 Å². The number of piperidine rings is 1. The molecule has 6 nitrogen and oxygen atoms in total. The van der Waals surface area contributed by atoms with Crippen molar-refractivity contribution < 1.29 is 14.0 Å². The van der Waals surface area contributed by atoms with Crippen LogP contribution >= 0.6 is 22.9 Å². The van der Waals surface area contributed by atoms with Crippen LogP contribution in [-0.4, -0.2) is 40.0 Å². The molecule has 9 heteroatoms. The molecule has 0 radical (unpaired) electrons. The first-order valence-electron chi connectivity index (χ1n) is 7.36. The largest absolute Gasteiger partial charge is 0.338 e. The lowest BCUT2D eigenvalue weighted by molar-refractivity contribution is -0.121. The minimum absolute atomic E-state index is 0.0698. The molecule has 3 rings (SSSR count). The van der Waals surface area contributed by atoms with Crippen LogP contribution in [0.3, 0.4) is 0 Å². The molecule has 1 fully saturated rings. The summed E-state index contributed by atoms with van der Waals surface area (Å²) in [6.07, 6.45) is 1.39. The number of carbonyl (C=O) groups excluding carboxylic acids is 2. The minimum Gasteiger partial charge on any atom is -0.338 e. The van der Waals surface area contributed by atoms with Gasteiger partial charge in [-0.2, -0.15) is 0 Å². The summed E-state index contributed by atoms with van der Waals surface area (Å²) in [5.74, 6) is -1.31. The van der Waals surface area contributed by atoms with E-state index in [1.807, 2.05) is 0 Å². The van der Waals surface area contributed by atoms with Crippen molar-refractivity contribution in [2.75, 3.05) is 18.4 Å². The number of hydrogen-bond acceptors (Lipinski definition) is 5. The Hall–Kier alpha value is -2.06. The molecule has 1 saturated heterocycles. The quantitative estimate of drug-likeness (QED) is 0.903. The number of halogens is 2. The van der Waals surface area contributed by atoms with E-state index in [-0.39, 0.29) is 34.9 Å². The summed E-state index contributed by atoms with van der Waals surface area (Å²) >= 11 is 7.19. The monoisotopic (exact) mass is 368 g/mol. The Bertz CT molecular complexity index is 756. The highest BCUT2D eigenvalue weighted by atomic mass is 35.5. The number of rotatable bonds is 3. The molecule has 126 valence electrons. The van der Waals surface area contributed by atoms with Crippen molar-refractivity contribution in [1.29, 1.82) is 0 Å². The van der Waals surface area contributed by atoms with Crippen molar-refractivity contribution in [2.45, 2.75) is 12.8 Å². The van der Waals surface area contributed by atoms with Crippen molar-refractivity contribution >= 4 is 39.9 Å². The Morgan fingerprint density at radius 3 is 2.96 bits per heavy atom. The summed E-state index contributed by atoms with van der Waals surface area (Å²) in [6, 6.07) is 3.67. The predicted octanol–water partition coefficient (Wildman–Crippen LogP) is 2.82. The van der Waals surface area contributed by atoms with Crippen LogP contribution in [0.5, 0.6) is 0 Å². The molecule has 24 heavy (non-hydrogen) atoms. The van der Waals surface area contributed by atoms with Crippen LogP contribution in [0.25, 0.3) is 0 Å². The molecule has 2 aromatic rings. The first-order chi connectivity index (χ1) is 11.5. The number of benzene rings is 1. The number of aromatic nitrogens is 2. The molecule has 1 atom stereocenters. The third-order valence-electron chi connectivity index (χ3n) is 3.83. The van der Waals surface area contributed by atoms with Crippen molar-refractivity contribution in [3.8, 4) is 0 Å². The van der Waals surface area contributed by atoms with Crippen molar-refractivity contribution in [2.24, 2.45) is 5.92 Å². The lowest BCUT2D eigenvalue weighted by Crippen LogP contribution is -2.43. The molecule has 1 unspecified atom stereocenters. The van der Waals surface area contributed by atoms with Gasteiger partial charge in [0.2, 0.25) is 11.0 Å². The van der Waals surface area contributed by atoms with E-state index < -0.39 is 5.82 Å². The zero-order valence-corrected chi connectivity index (χ0v) is 14.1. The van der Waals surface area contributed by atoms with E-state index in [0.29, 0.717) is 24.5 Å². The first-order valence-corrected chi connectivity index (χ1v) is 8.61. The number of nitrogens with one attached hydrogen (secondary N) is 1. The number of hydrogen-bond donors (Lipinski definition) is 1. The van der Waals surface area contributed by atoms with Crippen LogP contribution in [0.1, 0.15) is 23.2 Å². The second kappa shape index (κ2) is 7.23. The van der Waals surface area contributed by atoms with Gasteiger partial charge in [-0.25, -0.2) is 4.39 Å². The Labute approximate surface area is 146 Å². The van der Waals surface area contributed by atoms with E-state index >= 15 is 0 Å². The zero-order chi connectivity index (χ0) is 17.1. The fourth-order valence-corrected chi connectivity index (χ4v) is 3.34. The van der Waals surface area contributed by atoms with Gasteiger partial charge in [-0.1, -0.05) is 22.9 Å². The average Bonchev–Trinajstić information content (AvgIpc) is 3.07. The van der Waals surface area contributed by atoms with E-state index in [0.717, 1.165) is 6.07 Å². The van der Waals surface area contributed by atoms with Gasteiger partial charge in [0.05, 0.1) is 16.5 Å². The molecular formula is C15H14ClFN4O2S. The molecule has 0 bridgehead atoms. The highest BCUT2D eigenvalue weighted by Crippen LogP contribution is 2.24. The molecule has 1 aromatic heterocycles. The Morgan fingerprint density at radius 1 is 1.42 bits per heavy atom. The van der Waals surface area contributed by atoms with Gasteiger partial charge in [-0.3, -0.25) is 9.59 Å². The molecule has 0 saturated carbocycles. The van der Waals surface area contributed by atoms with Gasteiger partial charge in [0, 0.05) is 13.1 Å². The maximum absolute atomic E-state index is 13.1. The zero-order valence-electron chi connectivity index (χ0n) is 12.5. The van der Waals surface area contributed by atoms with E-state index in [2.05, 4.69) is 15.5 Å². The van der Waals surface area contributed by atoms with Crippen molar-refractivity contribution in [3.05, 3.63) is 40.1 Å². The number of likely N-dealkylation sites (tertiary alicyclic amines) is 1. The molecule has 1 aliphatic rings. The van der Waals surface area contributed by atoms with Crippen LogP contribution < -0.4 is 5.32 Å². The molecule has 0 aliphatic carbocycles. The lowest BCUT2D eigenvalue weighted by atomic mass is 9.96. The van der Waals surface area contributed by atoms with Crippen LogP contribution in [0, 0.1) is 11.7 Å². The maximum Gasteiger partial charge on any atom is 0.255 e. The Balaban J connectivity index is 1.68. The maximum atomic E-state index is 13.1. The predicted molar refractivity (Wildman–Crippen MR) is 88.6 cm³/mol. The second-order valence-electron chi connectivity index (χ2n) is 5.45. The van der Waals surface area contributed by atoms with Gasteiger partial charge < -0.3 is 10.2 Å². The van der Waals surface area contributed by atoms with E-state index in [9.17, 15) is 14.0 Å². The van der Waals surface area contributed by atoms with Crippen molar-refractivity contribution in [1.82, 2.24) is 15.1 Å². The topological polar surface area (TPSA) is 75.2 Å². The second-order valence-corrected chi connectivity index (χ2v) is 6.69. The standard InChI is InChI=1S/C15H14ClFN4O2S/c16-12-6-10(17)3-4-11(12)14(23)21-5-1-2-9(7-21)13(22)19-15-20-18-8-24-15/h3-4,6,8-9H,1-2,5,7H2,(H,19,20,22). The molecule has 1 aromatic carbocycles. The SMILES string of the molecule is O=C(Nc1nncs1)C1CCCN(C(=O)c2ccc(F)cc2Cl)C1. The number of nitrogens with zero attached hydrogens (tertiary/aromatic N) is 3. The third kappa shape index (κ3) is 3.70. The van der Waals surface area contributed by atoms with Gasteiger partial charge in [-0.05, 0) is 31.0 Å². The number of amides is 2. The van der Waals surface area contributed by atoms with Gasteiger partial charge >= 0.3 is 0 Å². The molecule has 0 spiro atoms. The molecule has 2 heterocycles. The molecule has 1 N–H and O–H groups in total. The Kier molecular flexibility index (Phi) is 5.06. The fraction of sp³-hybridized carbons (Fsp3) is 0.333. The Morgan fingerprint density at radius 2 is 2.25 bits per heavy atom. The van der Waals surface area contributed by atoms with Gasteiger partial charge in [0.25, 0.3) is 5.91 Å². The third-order valence-corrected chi connectivity index (χ3v) is 4.75. The summed E-state index contributed by atoms with van der Waals surface area (Å²) in [6.45, 7) is 0.826. The first kappa shape index (κ1) is 16.8. The van der Waals surface area contributed by atoms with E-state index in [4.69, 9.17) is 11.6 Å². The van der Waals surface area contributed by atoms with E-state index in [1.165, 1.54) is 29.0 Å². The highest BCUT2D eigenvalue weighted by molar-refractivity contribution is 7.13. The molecule has 2 amide bonds. The normalized spacial score (nSPS) is 17.6. The van der Waals surface area contributed by atoms with Crippen LogP contribution in [0.2, 0.25) is 5.02 Å². The summed E-state index contributed by atoms with van der Waals surface area (Å²) in [4.78, 5) is 26.5. The van der Waals surface area contributed by atoms with Gasteiger partial charge in [0.1, 0.15) is 11.3 Å². The van der Waals surface area contributed by atoms with Crippen LogP contribution in [0.4, 0.5) is 9.52 Å². The summed E-state index contributed by atoms with van der Waals surface area (Å²) in [7, 11) is 0. The minimum atomic E-state index is -0.496. The summed E-state index contributed by atoms with van der Waals surface area (Å²) in [5, 5.41) is 10.6. The molecular weight excluding hydrogens is 355 g/mol. The number of anilines is 1. The van der Waals surface area contributed by atoms with Crippen molar-refractivity contribution in [3.63, 3.8) is 0 Å². The molecule has 1 aliphatic heterocycles. The van der Waals surface area contributed by atoms with Gasteiger partial charge in [-0.15, -0.1) is 10.2 Å². The summed E-state index contributed by atoms with van der Waals surface area (Å²) in [5.41, 5.74) is 1.77. The smallest absolute Gasteiger partial charge is 0.255 e. The lowest BCUT2D eigenvalue weighted by Gasteiger charge is -2.32. The van der Waals surface area contributed by atoms with E-state index in [1.54, 1.807) is 4.90 Å².